The van der Waals surface area contributed by atoms with Crippen LogP contribution in [0.4, 0.5) is 10.3 Å². The van der Waals surface area contributed by atoms with Crippen LogP contribution in [0.25, 0.3) is 0 Å². The van der Waals surface area contributed by atoms with Crippen molar-refractivity contribution in [2.75, 3.05) is 24.5 Å². The van der Waals surface area contributed by atoms with Crippen molar-refractivity contribution < 1.29 is 4.39 Å². The van der Waals surface area contributed by atoms with Crippen LogP contribution >= 0.6 is 0 Å². The molecule has 168 valence electrons. The third-order valence-corrected chi connectivity index (χ3v) is 6.96. The average molecular weight is 435 g/mol. The molecule has 0 unspecified atom stereocenters. The van der Waals surface area contributed by atoms with E-state index in [0.29, 0.717) is 6.04 Å². The van der Waals surface area contributed by atoms with Gasteiger partial charge in [-0.2, -0.15) is 0 Å². The predicted molar refractivity (Wildman–Crippen MR) is 123 cm³/mol. The van der Waals surface area contributed by atoms with Crippen LogP contribution in [0, 0.1) is 12.7 Å². The van der Waals surface area contributed by atoms with Crippen LogP contribution in [-0.2, 0) is 18.5 Å². The van der Waals surface area contributed by atoms with E-state index in [1.165, 1.54) is 17.5 Å². The first-order chi connectivity index (χ1) is 15.4. The summed E-state index contributed by atoms with van der Waals surface area (Å²) in [4.78, 5) is 18.8. The molecule has 0 radical (unpaired) electrons. The van der Waals surface area contributed by atoms with Crippen LogP contribution in [0.15, 0.2) is 42.7 Å². The summed E-state index contributed by atoms with van der Waals surface area (Å²) in [6.07, 6.45) is 5.62. The van der Waals surface area contributed by atoms with Gasteiger partial charge in [0.2, 0.25) is 5.95 Å². The van der Waals surface area contributed by atoms with E-state index in [4.69, 9.17) is 4.98 Å². The van der Waals surface area contributed by atoms with Crippen molar-refractivity contribution in [1.82, 2.24) is 24.4 Å². The number of aryl methyl sites for hydroxylation is 1. The van der Waals surface area contributed by atoms with Crippen molar-refractivity contribution in [3.63, 3.8) is 0 Å². The predicted octanol–water partition coefficient (Wildman–Crippen LogP) is 4.26. The fourth-order valence-corrected chi connectivity index (χ4v) is 5.61. The summed E-state index contributed by atoms with van der Waals surface area (Å²) >= 11 is 0. The summed E-state index contributed by atoms with van der Waals surface area (Å²) in [5.74, 6) is 1.72. The molecule has 0 bridgehead atoms. The van der Waals surface area contributed by atoms with Gasteiger partial charge in [0.15, 0.2) is 0 Å². The summed E-state index contributed by atoms with van der Waals surface area (Å²) < 4.78 is 16.2. The first-order valence-corrected chi connectivity index (χ1v) is 11.5. The number of fused-ring (bicyclic) bond motifs is 2. The van der Waals surface area contributed by atoms with Gasteiger partial charge in [-0.3, -0.25) is 4.90 Å². The molecule has 0 aliphatic carbocycles. The standard InChI is InChI=1S/C25H31FN6/c1-18(2)32-19(3)29-23-22(32)16-30(15-20-6-4-7-21(26)14-20)17-25(23)8-12-31(13-9-25)24-27-10-5-11-28-24/h4-7,10-11,14,18H,8-9,12-13,15-17H2,1-3H3. The maximum absolute atomic E-state index is 13.8. The average Bonchev–Trinajstić information content (AvgIpc) is 3.12. The second kappa shape index (κ2) is 8.28. The number of nitrogens with zero attached hydrogens (tertiary/aromatic N) is 6. The molecule has 1 spiro atoms. The molecule has 2 aliphatic heterocycles. The molecule has 1 fully saturated rings. The largest absolute Gasteiger partial charge is 0.341 e. The summed E-state index contributed by atoms with van der Waals surface area (Å²) in [6, 6.07) is 9.20. The van der Waals surface area contributed by atoms with Crippen molar-refractivity contribution in [3.05, 3.63) is 71.3 Å². The maximum atomic E-state index is 13.8. The quantitative estimate of drug-likeness (QED) is 0.614. The molecule has 6 nitrogen and oxygen atoms in total. The van der Waals surface area contributed by atoms with E-state index in [-0.39, 0.29) is 11.2 Å². The lowest BCUT2D eigenvalue weighted by Gasteiger charge is -2.47. The van der Waals surface area contributed by atoms with E-state index in [1.54, 1.807) is 24.5 Å². The second-order valence-electron chi connectivity index (χ2n) is 9.51. The molecular formula is C25H31FN6. The van der Waals surface area contributed by atoms with Crippen LogP contribution < -0.4 is 4.90 Å². The Balaban J connectivity index is 1.47. The fourth-order valence-electron chi connectivity index (χ4n) is 5.61. The zero-order valence-electron chi connectivity index (χ0n) is 19.1. The molecule has 0 amide bonds. The normalized spacial score (nSPS) is 18.3. The third-order valence-electron chi connectivity index (χ3n) is 6.96. The second-order valence-corrected chi connectivity index (χ2v) is 9.51. The number of aromatic nitrogens is 4. The number of halogens is 1. The molecule has 0 atom stereocenters. The Morgan fingerprint density at radius 2 is 1.84 bits per heavy atom. The summed E-state index contributed by atoms with van der Waals surface area (Å²) in [7, 11) is 0. The monoisotopic (exact) mass is 434 g/mol. The van der Waals surface area contributed by atoms with Crippen molar-refractivity contribution in [3.8, 4) is 0 Å². The molecule has 7 heteroatoms. The minimum atomic E-state index is -0.172. The van der Waals surface area contributed by atoms with Crippen molar-refractivity contribution in [1.29, 1.82) is 0 Å². The maximum Gasteiger partial charge on any atom is 0.225 e. The highest BCUT2D eigenvalue weighted by molar-refractivity contribution is 5.36. The molecule has 3 aromatic rings. The number of anilines is 1. The molecular weight excluding hydrogens is 403 g/mol. The lowest BCUT2D eigenvalue weighted by atomic mass is 9.72. The van der Waals surface area contributed by atoms with Crippen LogP contribution in [0.5, 0.6) is 0 Å². The van der Waals surface area contributed by atoms with Gasteiger partial charge in [0, 0.05) is 56.6 Å². The smallest absolute Gasteiger partial charge is 0.225 e. The number of hydrogen-bond acceptors (Lipinski definition) is 5. The van der Waals surface area contributed by atoms with E-state index in [2.05, 4.69) is 45.1 Å². The number of piperidine rings is 1. The van der Waals surface area contributed by atoms with Gasteiger partial charge in [-0.15, -0.1) is 0 Å². The Morgan fingerprint density at radius 3 is 2.53 bits per heavy atom. The van der Waals surface area contributed by atoms with Crippen LogP contribution in [0.1, 0.15) is 55.5 Å². The van der Waals surface area contributed by atoms with Gasteiger partial charge in [0.25, 0.3) is 0 Å². The fraction of sp³-hybridized carbons (Fsp3) is 0.480. The van der Waals surface area contributed by atoms with E-state index < -0.39 is 0 Å². The number of imidazole rings is 1. The van der Waals surface area contributed by atoms with Gasteiger partial charge in [0.1, 0.15) is 11.6 Å². The lowest BCUT2D eigenvalue weighted by Crippen LogP contribution is -2.52. The van der Waals surface area contributed by atoms with Gasteiger partial charge < -0.3 is 9.47 Å². The third kappa shape index (κ3) is 3.79. The molecule has 32 heavy (non-hydrogen) atoms. The molecule has 2 aliphatic rings. The highest BCUT2D eigenvalue weighted by Crippen LogP contribution is 2.43. The summed E-state index contributed by atoms with van der Waals surface area (Å²) in [5.41, 5.74) is 3.61. The van der Waals surface area contributed by atoms with Crippen LogP contribution in [0.2, 0.25) is 0 Å². The Kier molecular flexibility index (Phi) is 5.45. The van der Waals surface area contributed by atoms with E-state index in [0.717, 1.165) is 62.9 Å². The zero-order valence-corrected chi connectivity index (χ0v) is 19.1. The number of rotatable bonds is 4. The van der Waals surface area contributed by atoms with Crippen LogP contribution in [0.3, 0.4) is 0 Å². The minimum absolute atomic E-state index is 0.00289. The molecule has 0 N–H and O–H groups in total. The van der Waals surface area contributed by atoms with Gasteiger partial charge >= 0.3 is 0 Å². The Morgan fingerprint density at radius 1 is 1.09 bits per heavy atom. The molecule has 1 saturated heterocycles. The van der Waals surface area contributed by atoms with E-state index in [1.807, 2.05) is 12.1 Å². The Bertz CT molecular complexity index is 1090. The Hall–Kier alpha value is -2.80. The first-order valence-electron chi connectivity index (χ1n) is 11.5. The molecule has 0 saturated carbocycles. The van der Waals surface area contributed by atoms with Crippen molar-refractivity contribution in [2.24, 2.45) is 0 Å². The van der Waals surface area contributed by atoms with E-state index >= 15 is 0 Å². The van der Waals surface area contributed by atoms with Gasteiger partial charge in [0.05, 0.1) is 11.4 Å². The SMILES string of the molecule is Cc1nc2c(n1C(C)C)CN(Cc1cccc(F)c1)CC21CCN(c2ncccn2)CC1. The van der Waals surface area contributed by atoms with Crippen LogP contribution in [-0.4, -0.2) is 44.1 Å². The Labute approximate surface area is 189 Å². The van der Waals surface area contributed by atoms with Gasteiger partial charge in [-0.1, -0.05) is 12.1 Å². The highest BCUT2D eigenvalue weighted by Gasteiger charge is 2.45. The molecule has 4 heterocycles. The number of benzene rings is 1. The minimum Gasteiger partial charge on any atom is -0.341 e. The summed E-state index contributed by atoms with van der Waals surface area (Å²) in [6.45, 7) is 10.9. The van der Waals surface area contributed by atoms with Gasteiger partial charge in [-0.05, 0) is 57.4 Å². The summed E-state index contributed by atoms with van der Waals surface area (Å²) in [5, 5.41) is 0. The first kappa shape index (κ1) is 21.1. The zero-order chi connectivity index (χ0) is 22.3. The molecule has 2 aromatic heterocycles. The number of hydrogen-bond donors (Lipinski definition) is 0. The highest BCUT2D eigenvalue weighted by atomic mass is 19.1. The molecule has 1 aromatic carbocycles. The van der Waals surface area contributed by atoms with Gasteiger partial charge in [-0.25, -0.2) is 19.3 Å². The lowest BCUT2D eigenvalue weighted by molar-refractivity contribution is 0.138. The topological polar surface area (TPSA) is 50.1 Å². The van der Waals surface area contributed by atoms with E-state index in [9.17, 15) is 4.39 Å². The van der Waals surface area contributed by atoms with Crippen molar-refractivity contribution >= 4 is 5.95 Å². The van der Waals surface area contributed by atoms with Crippen molar-refractivity contribution in [2.45, 2.75) is 58.2 Å². The molecule has 5 rings (SSSR count).